The lowest BCUT2D eigenvalue weighted by Crippen LogP contribution is -2.43. The number of piperidine rings is 1. The van der Waals surface area contributed by atoms with Crippen LogP contribution in [0.25, 0.3) is 0 Å². The molecule has 8 heteroatoms. The first-order chi connectivity index (χ1) is 11.3. The Morgan fingerprint density at radius 2 is 1.96 bits per heavy atom. The largest absolute Gasteiger partial charge is 0.342 e. The molecule has 24 heavy (non-hydrogen) atoms. The van der Waals surface area contributed by atoms with Crippen molar-refractivity contribution in [1.29, 1.82) is 0 Å². The number of benzene rings is 1. The molecule has 0 radical (unpaired) electrons. The maximum Gasteiger partial charge on any atom is 0.271 e. The van der Waals surface area contributed by atoms with Crippen LogP contribution in [0.2, 0.25) is 0 Å². The summed E-state index contributed by atoms with van der Waals surface area (Å²) in [5.41, 5.74) is -0.487. The van der Waals surface area contributed by atoms with Crippen LogP contribution in [0.4, 0.5) is 15.8 Å². The lowest BCUT2D eigenvalue weighted by molar-refractivity contribution is -0.384. The number of nitro benzene ring substituents is 1. The molecule has 0 saturated carbocycles. The van der Waals surface area contributed by atoms with Gasteiger partial charge in [0.25, 0.3) is 5.69 Å². The van der Waals surface area contributed by atoms with E-state index < -0.39 is 10.7 Å². The Labute approximate surface area is 139 Å². The highest BCUT2D eigenvalue weighted by Crippen LogP contribution is 2.24. The number of amides is 2. The number of hydrogen-bond donors (Lipinski definition) is 1. The highest BCUT2D eigenvalue weighted by atomic mass is 19.1. The van der Waals surface area contributed by atoms with Crippen LogP contribution in [0, 0.1) is 27.8 Å². The topological polar surface area (TPSA) is 92.6 Å². The van der Waals surface area contributed by atoms with Crippen LogP contribution in [-0.4, -0.2) is 34.7 Å². The van der Waals surface area contributed by atoms with Gasteiger partial charge in [0.05, 0.1) is 10.6 Å². The Morgan fingerprint density at radius 3 is 2.50 bits per heavy atom. The first-order valence-electron chi connectivity index (χ1n) is 7.83. The van der Waals surface area contributed by atoms with E-state index in [0.717, 1.165) is 18.2 Å². The summed E-state index contributed by atoms with van der Waals surface area (Å²) in [6, 6.07) is 3.00. The molecule has 0 bridgehead atoms. The zero-order valence-corrected chi connectivity index (χ0v) is 13.6. The fourth-order valence-corrected chi connectivity index (χ4v) is 2.68. The van der Waals surface area contributed by atoms with Crippen molar-refractivity contribution >= 4 is 23.2 Å². The van der Waals surface area contributed by atoms with Crippen LogP contribution in [0.3, 0.4) is 0 Å². The summed E-state index contributed by atoms with van der Waals surface area (Å²) in [5.74, 6) is -1.49. The van der Waals surface area contributed by atoms with E-state index in [1.807, 2.05) is 13.8 Å². The third kappa shape index (κ3) is 4.06. The third-order valence-corrected chi connectivity index (χ3v) is 4.09. The summed E-state index contributed by atoms with van der Waals surface area (Å²) in [5, 5.41) is 13.2. The highest BCUT2D eigenvalue weighted by Gasteiger charge is 2.28. The molecule has 1 aromatic rings. The number of carbonyl (C=O) groups excluding carboxylic acids is 2. The Hall–Kier alpha value is -2.51. The normalized spacial score (nSPS) is 15.4. The Kier molecular flexibility index (Phi) is 5.48. The predicted octanol–water partition coefficient (Wildman–Crippen LogP) is 2.57. The van der Waals surface area contributed by atoms with Crippen LogP contribution in [0.5, 0.6) is 0 Å². The van der Waals surface area contributed by atoms with Gasteiger partial charge in [0.2, 0.25) is 11.8 Å². The van der Waals surface area contributed by atoms with E-state index in [-0.39, 0.29) is 35.0 Å². The van der Waals surface area contributed by atoms with Crippen molar-refractivity contribution in [2.75, 3.05) is 18.4 Å². The van der Waals surface area contributed by atoms with E-state index in [2.05, 4.69) is 5.32 Å². The number of anilines is 1. The van der Waals surface area contributed by atoms with Gasteiger partial charge in [-0.1, -0.05) is 13.8 Å². The number of hydrogen-bond acceptors (Lipinski definition) is 4. The van der Waals surface area contributed by atoms with Crippen molar-refractivity contribution in [1.82, 2.24) is 4.90 Å². The number of likely N-dealkylation sites (tertiary alicyclic amines) is 1. The standard InChI is InChI=1S/C16H20FN3O4/c1-10(2)16(22)19-7-5-11(6-8-19)15(21)18-14-9-12(20(23)24)3-4-13(14)17/h3-4,9-11H,5-8H2,1-2H3,(H,18,21). The molecule has 1 fully saturated rings. The molecule has 0 atom stereocenters. The van der Waals surface area contributed by atoms with Gasteiger partial charge in [-0.05, 0) is 18.9 Å². The van der Waals surface area contributed by atoms with Crippen LogP contribution in [0.1, 0.15) is 26.7 Å². The second kappa shape index (κ2) is 7.37. The zero-order chi connectivity index (χ0) is 17.9. The van der Waals surface area contributed by atoms with E-state index >= 15 is 0 Å². The number of halogens is 1. The minimum atomic E-state index is -0.721. The monoisotopic (exact) mass is 337 g/mol. The lowest BCUT2D eigenvalue weighted by atomic mass is 9.95. The number of carbonyl (C=O) groups is 2. The average molecular weight is 337 g/mol. The van der Waals surface area contributed by atoms with Crippen molar-refractivity contribution < 1.29 is 18.9 Å². The fraction of sp³-hybridized carbons (Fsp3) is 0.500. The number of rotatable bonds is 4. The summed E-state index contributed by atoms with van der Waals surface area (Å²) in [6.07, 6.45) is 0.974. The number of nitrogens with zero attached hydrogens (tertiary/aromatic N) is 2. The third-order valence-electron chi connectivity index (χ3n) is 4.09. The lowest BCUT2D eigenvalue weighted by Gasteiger charge is -2.32. The van der Waals surface area contributed by atoms with Gasteiger partial charge in [-0.15, -0.1) is 0 Å². The van der Waals surface area contributed by atoms with Crippen LogP contribution < -0.4 is 5.32 Å². The van der Waals surface area contributed by atoms with Gasteiger partial charge in [-0.3, -0.25) is 19.7 Å². The molecule has 7 nitrogen and oxygen atoms in total. The average Bonchev–Trinajstić information content (AvgIpc) is 2.55. The quantitative estimate of drug-likeness (QED) is 0.675. The maximum atomic E-state index is 13.7. The van der Waals surface area contributed by atoms with Crippen LogP contribution in [0.15, 0.2) is 18.2 Å². The molecule has 0 unspecified atom stereocenters. The molecule has 1 saturated heterocycles. The van der Waals surface area contributed by atoms with Crippen molar-refractivity contribution in [3.8, 4) is 0 Å². The second-order valence-electron chi connectivity index (χ2n) is 6.16. The van der Waals surface area contributed by atoms with Crippen LogP contribution in [-0.2, 0) is 9.59 Å². The maximum absolute atomic E-state index is 13.7. The van der Waals surface area contributed by atoms with Gasteiger partial charge in [0.15, 0.2) is 0 Å². The number of nitro groups is 1. The van der Waals surface area contributed by atoms with Gasteiger partial charge in [-0.2, -0.15) is 0 Å². The van der Waals surface area contributed by atoms with Gasteiger partial charge in [0.1, 0.15) is 5.82 Å². The summed E-state index contributed by atoms with van der Waals surface area (Å²) in [6.45, 7) is 4.61. The smallest absolute Gasteiger partial charge is 0.271 e. The molecule has 130 valence electrons. The van der Waals surface area contributed by atoms with Gasteiger partial charge in [0, 0.05) is 37.1 Å². The summed E-state index contributed by atoms with van der Waals surface area (Å²) in [7, 11) is 0. The summed E-state index contributed by atoms with van der Waals surface area (Å²) in [4.78, 5) is 36.0. The summed E-state index contributed by atoms with van der Waals surface area (Å²) >= 11 is 0. The molecule has 0 aromatic heterocycles. The second-order valence-corrected chi connectivity index (χ2v) is 6.16. The SMILES string of the molecule is CC(C)C(=O)N1CCC(C(=O)Nc2cc([N+](=O)[O-])ccc2F)CC1. The fourth-order valence-electron chi connectivity index (χ4n) is 2.68. The highest BCUT2D eigenvalue weighted by molar-refractivity contribution is 5.93. The first-order valence-corrected chi connectivity index (χ1v) is 7.83. The number of non-ortho nitro benzene ring substituents is 1. The number of nitrogens with one attached hydrogen (secondary N) is 1. The molecule has 1 heterocycles. The molecule has 2 rings (SSSR count). The van der Waals surface area contributed by atoms with Gasteiger partial charge >= 0.3 is 0 Å². The Bertz CT molecular complexity index is 655. The van der Waals surface area contributed by atoms with Crippen molar-refractivity contribution in [2.45, 2.75) is 26.7 Å². The van der Waals surface area contributed by atoms with Crippen molar-refractivity contribution in [3.05, 3.63) is 34.1 Å². The molecule has 1 aliphatic rings. The molecular formula is C16H20FN3O4. The zero-order valence-electron chi connectivity index (χ0n) is 13.6. The minimum absolute atomic E-state index is 0.0542. The molecule has 1 aromatic carbocycles. The molecule has 2 amide bonds. The Balaban J connectivity index is 1.98. The minimum Gasteiger partial charge on any atom is -0.342 e. The van der Waals surface area contributed by atoms with Gasteiger partial charge in [-0.25, -0.2) is 4.39 Å². The molecular weight excluding hydrogens is 317 g/mol. The van der Waals surface area contributed by atoms with Crippen molar-refractivity contribution in [2.24, 2.45) is 11.8 Å². The molecule has 0 spiro atoms. The first kappa shape index (κ1) is 17.8. The molecule has 1 N–H and O–H groups in total. The molecule has 0 aliphatic carbocycles. The van der Waals surface area contributed by atoms with E-state index in [4.69, 9.17) is 0 Å². The van der Waals surface area contributed by atoms with E-state index in [9.17, 15) is 24.1 Å². The van der Waals surface area contributed by atoms with Gasteiger partial charge < -0.3 is 10.2 Å². The summed E-state index contributed by atoms with van der Waals surface area (Å²) < 4.78 is 13.7. The van der Waals surface area contributed by atoms with E-state index in [1.54, 1.807) is 4.90 Å². The Morgan fingerprint density at radius 1 is 1.33 bits per heavy atom. The van der Waals surface area contributed by atoms with Crippen molar-refractivity contribution in [3.63, 3.8) is 0 Å². The van der Waals surface area contributed by atoms with E-state index in [0.29, 0.717) is 25.9 Å². The van der Waals surface area contributed by atoms with E-state index in [1.165, 1.54) is 0 Å². The van der Waals surface area contributed by atoms with Crippen LogP contribution >= 0.6 is 0 Å². The molecule has 1 aliphatic heterocycles. The predicted molar refractivity (Wildman–Crippen MR) is 85.8 cm³/mol.